The van der Waals surface area contributed by atoms with E-state index in [1.54, 1.807) is 13.0 Å². The lowest BCUT2D eigenvalue weighted by Gasteiger charge is -2.13. The molecule has 0 fully saturated rings. The predicted octanol–water partition coefficient (Wildman–Crippen LogP) is 2.41. The molecule has 1 aromatic heterocycles. The molecule has 1 amide bonds. The van der Waals surface area contributed by atoms with Crippen LogP contribution >= 0.6 is 0 Å². The number of aliphatic carboxylic acids is 1. The zero-order valence-electron chi connectivity index (χ0n) is 15.1. The molecule has 2 N–H and O–H groups in total. The van der Waals surface area contributed by atoms with Gasteiger partial charge in [-0.25, -0.2) is 4.79 Å². The summed E-state index contributed by atoms with van der Waals surface area (Å²) in [5.41, 5.74) is 1.58. The normalized spacial score (nSPS) is 12.0. The fourth-order valence-electron chi connectivity index (χ4n) is 2.63. The van der Waals surface area contributed by atoms with Gasteiger partial charge in [0.05, 0.1) is 0 Å². The number of carbonyl (C=O) groups is 2. The van der Waals surface area contributed by atoms with Crippen LogP contribution in [0.2, 0.25) is 0 Å². The van der Waals surface area contributed by atoms with Gasteiger partial charge in [-0.3, -0.25) is 9.59 Å². The molecule has 1 aromatic carbocycles. The van der Waals surface area contributed by atoms with Gasteiger partial charge in [-0.2, -0.15) is 0 Å². The third-order valence-corrected chi connectivity index (χ3v) is 4.10. The maximum atomic E-state index is 11.9. The Morgan fingerprint density at radius 2 is 2.08 bits per heavy atom. The third-order valence-electron chi connectivity index (χ3n) is 4.10. The molecule has 7 nitrogen and oxygen atoms in total. The number of hydrogen-bond acceptors (Lipinski definition) is 5. The molecule has 0 spiro atoms. The Morgan fingerprint density at radius 1 is 1.35 bits per heavy atom. The van der Waals surface area contributed by atoms with Gasteiger partial charge in [0.1, 0.15) is 17.4 Å². The maximum Gasteiger partial charge on any atom is 0.336 e. The highest BCUT2D eigenvalue weighted by atomic mass is 16.5. The summed E-state index contributed by atoms with van der Waals surface area (Å²) in [5.74, 6) is -1.26. The number of carbonyl (C=O) groups excluding carboxylic acids is 1. The zero-order chi connectivity index (χ0) is 19.3. The Balaban J connectivity index is 2.22. The molecule has 0 unspecified atom stereocenters. The van der Waals surface area contributed by atoms with Crippen LogP contribution < -0.4 is 15.7 Å². The van der Waals surface area contributed by atoms with Gasteiger partial charge >= 0.3 is 11.6 Å². The first kappa shape index (κ1) is 19.5. The number of nitrogens with one attached hydrogen (secondary N) is 1. The zero-order valence-corrected chi connectivity index (χ0v) is 15.1. The number of amides is 1. The van der Waals surface area contributed by atoms with Gasteiger partial charge in [0.2, 0.25) is 0 Å². The van der Waals surface area contributed by atoms with Crippen LogP contribution in [0.15, 0.2) is 27.4 Å². The Bertz CT molecular complexity index is 870. The maximum absolute atomic E-state index is 11.9. The first-order valence-corrected chi connectivity index (χ1v) is 8.54. The standard InChI is InChI=1S/C19H23NO6/c1-4-5-6-13-9-17(22)26-18-11(2)15(8-7-14(13)18)25-10-16(21)20-12(3)19(23)24/h7-9,12H,4-6,10H2,1-3H3,(H,20,21)(H,23,24)/t12-/m0/s1. The molecule has 26 heavy (non-hydrogen) atoms. The highest BCUT2D eigenvalue weighted by molar-refractivity contribution is 5.86. The molecule has 0 bridgehead atoms. The molecular weight excluding hydrogens is 338 g/mol. The molecule has 1 heterocycles. The van der Waals surface area contributed by atoms with E-state index >= 15 is 0 Å². The van der Waals surface area contributed by atoms with Crippen molar-refractivity contribution in [3.05, 3.63) is 39.7 Å². The molecule has 2 aromatic rings. The minimum Gasteiger partial charge on any atom is -0.483 e. The minimum absolute atomic E-state index is 0.330. The Kier molecular flexibility index (Phi) is 6.38. The number of carboxylic acids is 1. The number of rotatable bonds is 8. The van der Waals surface area contributed by atoms with Crippen LogP contribution in [0.25, 0.3) is 11.0 Å². The molecule has 0 aliphatic rings. The number of aryl methyl sites for hydroxylation is 2. The lowest BCUT2D eigenvalue weighted by Crippen LogP contribution is -2.40. The SMILES string of the molecule is CCCCc1cc(=O)oc2c(C)c(OCC(=O)N[C@@H](C)C(=O)O)ccc12. The molecule has 0 saturated carbocycles. The van der Waals surface area contributed by atoms with Crippen molar-refractivity contribution in [1.82, 2.24) is 5.32 Å². The second-order valence-electron chi connectivity index (χ2n) is 6.18. The molecular formula is C19H23NO6. The average molecular weight is 361 g/mol. The van der Waals surface area contributed by atoms with Crippen molar-refractivity contribution in [3.8, 4) is 5.75 Å². The monoisotopic (exact) mass is 361 g/mol. The van der Waals surface area contributed by atoms with Crippen molar-refractivity contribution in [2.75, 3.05) is 6.61 Å². The summed E-state index contributed by atoms with van der Waals surface area (Å²) in [6.07, 6.45) is 2.78. The number of unbranched alkanes of at least 4 members (excludes halogenated alkanes) is 1. The van der Waals surface area contributed by atoms with Crippen LogP contribution in [-0.2, 0) is 16.0 Å². The van der Waals surface area contributed by atoms with Crippen molar-refractivity contribution in [3.63, 3.8) is 0 Å². The van der Waals surface area contributed by atoms with E-state index in [0.717, 1.165) is 30.2 Å². The fraction of sp³-hybridized carbons (Fsp3) is 0.421. The van der Waals surface area contributed by atoms with Crippen molar-refractivity contribution in [1.29, 1.82) is 0 Å². The van der Waals surface area contributed by atoms with E-state index in [1.165, 1.54) is 13.0 Å². The summed E-state index contributed by atoms with van der Waals surface area (Å²) in [4.78, 5) is 34.4. The summed E-state index contributed by atoms with van der Waals surface area (Å²) < 4.78 is 10.8. The molecule has 2 rings (SSSR count). The average Bonchev–Trinajstić information content (AvgIpc) is 2.59. The van der Waals surface area contributed by atoms with Crippen molar-refractivity contribution < 1.29 is 23.8 Å². The van der Waals surface area contributed by atoms with E-state index in [-0.39, 0.29) is 6.61 Å². The van der Waals surface area contributed by atoms with E-state index in [0.29, 0.717) is 16.9 Å². The second-order valence-corrected chi connectivity index (χ2v) is 6.18. The molecule has 0 aliphatic heterocycles. The Hall–Kier alpha value is -2.83. The molecule has 140 valence electrons. The molecule has 0 aliphatic carbocycles. The van der Waals surface area contributed by atoms with Gasteiger partial charge < -0.3 is 19.6 Å². The van der Waals surface area contributed by atoms with E-state index < -0.39 is 23.5 Å². The number of fused-ring (bicyclic) bond motifs is 1. The van der Waals surface area contributed by atoms with E-state index in [4.69, 9.17) is 14.3 Å². The number of carboxylic acid groups (broad SMARTS) is 1. The highest BCUT2D eigenvalue weighted by Gasteiger charge is 2.16. The van der Waals surface area contributed by atoms with E-state index in [1.807, 2.05) is 6.07 Å². The number of benzene rings is 1. The third kappa shape index (κ3) is 4.62. The molecule has 0 radical (unpaired) electrons. The second kappa shape index (κ2) is 8.51. The van der Waals surface area contributed by atoms with Gasteiger partial charge in [0.15, 0.2) is 6.61 Å². The van der Waals surface area contributed by atoms with Gasteiger partial charge in [0.25, 0.3) is 5.91 Å². The highest BCUT2D eigenvalue weighted by Crippen LogP contribution is 2.29. The lowest BCUT2D eigenvalue weighted by molar-refractivity contribution is -0.141. The van der Waals surface area contributed by atoms with Gasteiger partial charge in [-0.1, -0.05) is 13.3 Å². The summed E-state index contributed by atoms with van der Waals surface area (Å²) in [6, 6.07) is 4.05. The first-order valence-electron chi connectivity index (χ1n) is 8.54. The quantitative estimate of drug-likeness (QED) is 0.700. The van der Waals surface area contributed by atoms with Crippen LogP contribution in [0.5, 0.6) is 5.75 Å². The van der Waals surface area contributed by atoms with Gasteiger partial charge in [-0.15, -0.1) is 0 Å². The predicted molar refractivity (Wildman–Crippen MR) is 96.6 cm³/mol. The van der Waals surface area contributed by atoms with Crippen molar-refractivity contribution in [2.24, 2.45) is 0 Å². The first-order chi connectivity index (χ1) is 12.3. The number of hydrogen-bond donors (Lipinski definition) is 2. The summed E-state index contributed by atoms with van der Waals surface area (Å²) >= 11 is 0. The van der Waals surface area contributed by atoms with Crippen LogP contribution in [-0.4, -0.2) is 29.6 Å². The summed E-state index contributed by atoms with van der Waals surface area (Å²) in [7, 11) is 0. The van der Waals surface area contributed by atoms with E-state index in [2.05, 4.69) is 12.2 Å². The smallest absolute Gasteiger partial charge is 0.336 e. The van der Waals surface area contributed by atoms with Crippen LogP contribution in [0.1, 0.15) is 37.8 Å². The van der Waals surface area contributed by atoms with Crippen molar-refractivity contribution in [2.45, 2.75) is 46.1 Å². The minimum atomic E-state index is -1.12. The van der Waals surface area contributed by atoms with Gasteiger partial charge in [-0.05, 0) is 44.4 Å². The Morgan fingerprint density at radius 3 is 2.73 bits per heavy atom. The lowest BCUT2D eigenvalue weighted by atomic mass is 10.0. The summed E-state index contributed by atoms with van der Waals surface area (Å²) in [5, 5.41) is 12.0. The number of ether oxygens (including phenoxy) is 1. The summed E-state index contributed by atoms with van der Waals surface area (Å²) in [6.45, 7) is 4.88. The molecule has 7 heteroatoms. The van der Waals surface area contributed by atoms with Crippen LogP contribution in [0, 0.1) is 6.92 Å². The van der Waals surface area contributed by atoms with Crippen LogP contribution in [0.3, 0.4) is 0 Å². The van der Waals surface area contributed by atoms with Crippen molar-refractivity contribution >= 4 is 22.8 Å². The van der Waals surface area contributed by atoms with E-state index in [9.17, 15) is 14.4 Å². The fourth-order valence-corrected chi connectivity index (χ4v) is 2.63. The molecule has 0 saturated heterocycles. The topological polar surface area (TPSA) is 106 Å². The largest absolute Gasteiger partial charge is 0.483 e. The van der Waals surface area contributed by atoms with Gasteiger partial charge in [0, 0.05) is 17.0 Å². The Labute approximate surface area is 151 Å². The van der Waals surface area contributed by atoms with Crippen LogP contribution in [0.4, 0.5) is 0 Å². The molecule has 1 atom stereocenters.